The number of amides is 2. The molecular formula is C29H33N4O2+. The first-order valence-corrected chi connectivity index (χ1v) is 12.1. The van der Waals surface area contributed by atoms with Gasteiger partial charge in [-0.2, -0.15) is 0 Å². The quantitative estimate of drug-likeness (QED) is 0.511. The minimum atomic E-state index is -0.738. The van der Waals surface area contributed by atoms with Crippen LogP contribution in [-0.4, -0.2) is 41.8 Å². The summed E-state index contributed by atoms with van der Waals surface area (Å²) >= 11 is 0. The third-order valence-electron chi connectivity index (χ3n) is 6.47. The SMILES string of the molecule is CCN(CC)c1ccc(/C=[N+]2\NC(=O)[C@H](NC(=O)c3ccc(C)cc3)[C@@H]2c2ccc(C)cc2)cc1. The summed E-state index contributed by atoms with van der Waals surface area (Å²) in [4.78, 5) is 28.3. The Labute approximate surface area is 207 Å². The zero-order chi connectivity index (χ0) is 24.9. The van der Waals surface area contributed by atoms with Crippen molar-refractivity contribution in [3.05, 3.63) is 101 Å². The van der Waals surface area contributed by atoms with Crippen LogP contribution in [0.5, 0.6) is 0 Å². The molecule has 180 valence electrons. The van der Waals surface area contributed by atoms with E-state index in [0.29, 0.717) is 5.56 Å². The Balaban J connectivity index is 1.66. The van der Waals surface area contributed by atoms with E-state index < -0.39 is 6.04 Å². The molecule has 0 radical (unpaired) electrons. The Bertz CT molecular complexity index is 1210. The first-order valence-electron chi connectivity index (χ1n) is 12.1. The highest BCUT2D eigenvalue weighted by Gasteiger charge is 2.47. The smallest absolute Gasteiger partial charge is 0.304 e. The molecule has 4 rings (SSSR count). The van der Waals surface area contributed by atoms with Gasteiger partial charge in [0.15, 0.2) is 6.04 Å². The molecule has 1 saturated heterocycles. The fourth-order valence-electron chi connectivity index (χ4n) is 4.39. The molecule has 0 unspecified atom stereocenters. The number of carbonyl (C=O) groups excluding carboxylic acids is 2. The second-order valence-electron chi connectivity index (χ2n) is 8.95. The minimum Gasteiger partial charge on any atom is -0.372 e. The van der Waals surface area contributed by atoms with Gasteiger partial charge in [0.25, 0.3) is 5.91 Å². The largest absolute Gasteiger partial charge is 0.372 e. The minimum absolute atomic E-state index is 0.243. The van der Waals surface area contributed by atoms with Crippen LogP contribution in [0.15, 0.2) is 72.8 Å². The molecule has 6 nitrogen and oxygen atoms in total. The van der Waals surface area contributed by atoms with E-state index in [0.717, 1.165) is 41.0 Å². The second kappa shape index (κ2) is 10.6. The molecule has 1 aliphatic heterocycles. The molecule has 2 atom stereocenters. The molecule has 1 fully saturated rings. The molecule has 1 aliphatic rings. The zero-order valence-corrected chi connectivity index (χ0v) is 20.8. The van der Waals surface area contributed by atoms with E-state index in [2.05, 4.69) is 41.6 Å². The standard InChI is InChI=1S/C29H32N4O2/c1-5-32(6-2)25-17-11-22(12-18-25)19-33-27(23-13-7-20(3)8-14-23)26(29(35)31-33)30-28(34)24-15-9-21(4)10-16-24/h7-19,26-27H,5-6H2,1-4H3,(H-,30,31,34,35)/p+1/t26-,27+/m1/s1. The summed E-state index contributed by atoms with van der Waals surface area (Å²) in [6.07, 6.45) is 1.92. The van der Waals surface area contributed by atoms with Crippen molar-refractivity contribution in [2.45, 2.75) is 39.8 Å². The predicted molar refractivity (Wildman–Crippen MR) is 140 cm³/mol. The maximum absolute atomic E-state index is 13.1. The average Bonchev–Trinajstić information content (AvgIpc) is 3.16. The maximum Gasteiger partial charge on any atom is 0.304 e. The van der Waals surface area contributed by atoms with Crippen molar-refractivity contribution >= 4 is 23.7 Å². The van der Waals surface area contributed by atoms with E-state index in [1.165, 1.54) is 0 Å². The Morgan fingerprint density at radius 2 is 1.49 bits per heavy atom. The van der Waals surface area contributed by atoms with Crippen LogP contribution < -0.4 is 15.6 Å². The van der Waals surface area contributed by atoms with Gasteiger partial charge in [-0.15, -0.1) is 10.1 Å². The van der Waals surface area contributed by atoms with E-state index in [1.54, 1.807) is 16.8 Å². The highest BCUT2D eigenvalue weighted by atomic mass is 16.2. The van der Waals surface area contributed by atoms with Gasteiger partial charge in [-0.05, 0) is 64.1 Å². The van der Waals surface area contributed by atoms with Gasteiger partial charge in [-0.3, -0.25) is 9.59 Å². The number of nitrogens with zero attached hydrogens (tertiary/aromatic N) is 2. The zero-order valence-electron chi connectivity index (χ0n) is 20.8. The number of rotatable bonds is 7. The van der Waals surface area contributed by atoms with Crippen molar-refractivity contribution in [2.75, 3.05) is 18.0 Å². The van der Waals surface area contributed by atoms with Gasteiger partial charge in [0, 0.05) is 35.5 Å². The maximum atomic E-state index is 13.1. The number of aryl methyl sites for hydroxylation is 2. The summed E-state index contributed by atoms with van der Waals surface area (Å²) in [5, 5.41) is 2.96. The van der Waals surface area contributed by atoms with Crippen LogP contribution in [0, 0.1) is 13.8 Å². The lowest BCUT2D eigenvalue weighted by atomic mass is 9.98. The van der Waals surface area contributed by atoms with Gasteiger partial charge < -0.3 is 10.2 Å². The number of nitrogens with one attached hydrogen (secondary N) is 2. The van der Waals surface area contributed by atoms with Gasteiger partial charge in [0.1, 0.15) is 0 Å². The Hall–Kier alpha value is -3.93. The van der Waals surface area contributed by atoms with Gasteiger partial charge in [-0.25, -0.2) is 0 Å². The second-order valence-corrected chi connectivity index (χ2v) is 8.95. The van der Waals surface area contributed by atoms with Gasteiger partial charge in [-0.1, -0.05) is 47.5 Å². The van der Waals surface area contributed by atoms with Crippen molar-refractivity contribution in [1.82, 2.24) is 10.7 Å². The molecular weight excluding hydrogens is 436 g/mol. The molecule has 6 heteroatoms. The van der Waals surface area contributed by atoms with Gasteiger partial charge >= 0.3 is 5.91 Å². The van der Waals surface area contributed by atoms with Crippen LogP contribution in [0.4, 0.5) is 5.69 Å². The highest BCUT2D eigenvalue weighted by Crippen LogP contribution is 2.26. The van der Waals surface area contributed by atoms with E-state index in [1.807, 2.05) is 68.6 Å². The first kappa shape index (κ1) is 24.2. The van der Waals surface area contributed by atoms with Crippen LogP contribution in [0.1, 0.15) is 52.5 Å². The predicted octanol–water partition coefficient (Wildman–Crippen LogP) is 4.17. The number of hydrazone groups is 1. The number of anilines is 1. The van der Waals surface area contributed by atoms with Crippen LogP contribution in [0.3, 0.4) is 0 Å². The van der Waals surface area contributed by atoms with Crippen LogP contribution in [-0.2, 0) is 4.79 Å². The van der Waals surface area contributed by atoms with E-state index >= 15 is 0 Å². The van der Waals surface area contributed by atoms with Gasteiger partial charge in [0.2, 0.25) is 12.3 Å². The third-order valence-corrected chi connectivity index (χ3v) is 6.47. The summed E-state index contributed by atoms with van der Waals surface area (Å²) in [7, 11) is 0. The summed E-state index contributed by atoms with van der Waals surface area (Å²) < 4.78 is 1.81. The van der Waals surface area contributed by atoms with Crippen molar-refractivity contribution in [1.29, 1.82) is 0 Å². The summed E-state index contributed by atoms with van der Waals surface area (Å²) in [6.45, 7) is 10.2. The lowest BCUT2D eigenvalue weighted by Gasteiger charge is -2.20. The average molecular weight is 470 g/mol. The van der Waals surface area contributed by atoms with E-state index in [9.17, 15) is 9.59 Å². The molecule has 0 aliphatic carbocycles. The van der Waals surface area contributed by atoms with Gasteiger partial charge in [0.05, 0.1) is 0 Å². The van der Waals surface area contributed by atoms with Crippen LogP contribution in [0.2, 0.25) is 0 Å². The molecule has 2 N–H and O–H groups in total. The Morgan fingerprint density at radius 1 is 0.914 bits per heavy atom. The molecule has 0 saturated carbocycles. The van der Waals surface area contributed by atoms with E-state index in [-0.39, 0.29) is 17.9 Å². The lowest BCUT2D eigenvalue weighted by Crippen LogP contribution is -2.42. The number of carbonyl (C=O) groups is 2. The Morgan fingerprint density at radius 3 is 2.06 bits per heavy atom. The number of hydrazine groups is 1. The third kappa shape index (κ3) is 5.43. The van der Waals surface area contributed by atoms with Crippen molar-refractivity contribution in [3.8, 4) is 0 Å². The molecule has 1 heterocycles. The van der Waals surface area contributed by atoms with Crippen molar-refractivity contribution in [3.63, 3.8) is 0 Å². The molecule has 2 amide bonds. The molecule has 0 aromatic heterocycles. The monoisotopic (exact) mass is 469 g/mol. The summed E-state index contributed by atoms with van der Waals surface area (Å²) in [5.41, 5.74) is 8.76. The molecule has 0 spiro atoms. The highest BCUT2D eigenvalue weighted by molar-refractivity contribution is 5.98. The van der Waals surface area contributed by atoms with Crippen molar-refractivity contribution in [2.24, 2.45) is 0 Å². The Kier molecular flexibility index (Phi) is 7.30. The number of benzene rings is 3. The molecule has 0 bridgehead atoms. The number of hydrogen-bond acceptors (Lipinski definition) is 3. The van der Waals surface area contributed by atoms with E-state index in [4.69, 9.17) is 0 Å². The molecule has 3 aromatic carbocycles. The lowest BCUT2D eigenvalue weighted by molar-refractivity contribution is -0.596. The first-order chi connectivity index (χ1) is 16.9. The fourth-order valence-corrected chi connectivity index (χ4v) is 4.39. The molecule has 35 heavy (non-hydrogen) atoms. The summed E-state index contributed by atoms with van der Waals surface area (Å²) in [5.74, 6) is -0.514. The topological polar surface area (TPSA) is 64.5 Å². The van der Waals surface area contributed by atoms with Crippen molar-refractivity contribution < 1.29 is 14.3 Å². The fraction of sp³-hybridized carbons (Fsp3) is 0.276. The molecule has 3 aromatic rings. The normalized spacial score (nSPS) is 18.4. The summed E-state index contributed by atoms with van der Waals surface area (Å²) in [6, 6.07) is 22.5. The van der Waals surface area contributed by atoms with Crippen LogP contribution in [0.25, 0.3) is 0 Å². The van der Waals surface area contributed by atoms with Crippen LogP contribution >= 0.6 is 0 Å². The number of hydrogen-bond donors (Lipinski definition) is 2.